The molecule has 28 heavy (non-hydrogen) atoms. The van der Waals surface area contributed by atoms with Crippen molar-refractivity contribution in [3.05, 3.63) is 65.2 Å². The van der Waals surface area contributed by atoms with Crippen molar-refractivity contribution in [1.82, 2.24) is 10.2 Å². The second-order valence-electron chi connectivity index (χ2n) is 6.82. The summed E-state index contributed by atoms with van der Waals surface area (Å²) in [6.07, 6.45) is -0.544. The maximum Gasteiger partial charge on any atom is 0.130 e. The third kappa shape index (κ3) is 6.44. The number of nitrogens with one attached hydrogen (secondary N) is 1. The third-order valence-corrected chi connectivity index (χ3v) is 5.56. The van der Waals surface area contributed by atoms with Crippen LogP contribution in [-0.4, -0.2) is 53.9 Å². The van der Waals surface area contributed by atoms with Gasteiger partial charge in [0.2, 0.25) is 0 Å². The summed E-state index contributed by atoms with van der Waals surface area (Å²) in [7, 11) is 0. The van der Waals surface area contributed by atoms with E-state index in [0.717, 1.165) is 36.2 Å². The quantitative estimate of drug-likeness (QED) is 0.668. The van der Waals surface area contributed by atoms with Crippen LogP contribution in [0.3, 0.4) is 0 Å². The van der Waals surface area contributed by atoms with E-state index in [2.05, 4.69) is 10.2 Å². The Labute approximate surface area is 168 Å². The molecule has 1 atom stereocenters. The molecule has 0 bridgehead atoms. The van der Waals surface area contributed by atoms with E-state index in [9.17, 15) is 13.9 Å². The van der Waals surface area contributed by atoms with Crippen molar-refractivity contribution in [1.29, 1.82) is 0 Å². The molecule has 0 saturated carbocycles. The van der Waals surface area contributed by atoms with Crippen molar-refractivity contribution >= 4 is 11.8 Å². The van der Waals surface area contributed by atoms with E-state index in [4.69, 9.17) is 4.74 Å². The molecular formula is C21H26F2N2O2S. The SMILES string of the molecule is O[C@H](COc1ccccc1CNCc1ccc(F)cc1F)CN1CCSCC1. The predicted molar refractivity (Wildman–Crippen MR) is 109 cm³/mol. The lowest BCUT2D eigenvalue weighted by atomic mass is 10.1. The molecule has 4 nitrogen and oxygen atoms in total. The molecule has 2 aromatic rings. The maximum atomic E-state index is 13.7. The number of nitrogens with zero attached hydrogens (tertiary/aromatic N) is 1. The molecule has 2 aromatic carbocycles. The van der Waals surface area contributed by atoms with Crippen LogP contribution >= 0.6 is 11.8 Å². The highest BCUT2D eigenvalue weighted by Gasteiger charge is 2.16. The molecule has 0 spiro atoms. The van der Waals surface area contributed by atoms with Gasteiger partial charge in [0.1, 0.15) is 30.1 Å². The van der Waals surface area contributed by atoms with Gasteiger partial charge in [0, 0.05) is 61.4 Å². The molecule has 0 amide bonds. The van der Waals surface area contributed by atoms with Gasteiger partial charge in [0.25, 0.3) is 0 Å². The molecule has 1 fully saturated rings. The fourth-order valence-electron chi connectivity index (χ4n) is 3.11. The molecule has 152 valence electrons. The Morgan fingerprint density at radius 1 is 1.07 bits per heavy atom. The molecule has 1 aliphatic heterocycles. The molecule has 0 unspecified atom stereocenters. The van der Waals surface area contributed by atoms with Crippen molar-refractivity contribution in [2.45, 2.75) is 19.2 Å². The topological polar surface area (TPSA) is 44.7 Å². The second kappa shape index (κ2) is 10.8. The van der Waals surface area contributed by atoms with Gasteiger partial charge in [-0.2, -0.15) is 11.8 Å². The number of rotatable bonds is 9. The summed E-state index contributed by atoms with van der Waals surface area (Å²) < 4.78 is 32.5. The van der Waals surface area contributed by atoms with E-state index in [0.29, 0.717) is 24.4 Å². The number of aliphatic hydroxyl groups excluding tert-OH is 1. The number of hydrogen-bond donors (Lipinski definition) is 2. The fourth-order valence-corrected chi connectivity index (χ4v) is 4.09. The van der Waals surface area contributed by atoms with Gasteiger partial charge in [0.15, 0.2) is 0 Å². The van der Waals surface area contributed by atoms with Crippen molar-refractivity contribution < 1.29 is 18.6 Å². The van der Waals surface area contributed by atoms with Gasteiger partial charge in [-0.15, -0.1) is 0 Å². The number of halogens is 2. The first-order valence-corrected chi connectivity index (χ1v) is 10.6. The summed E-state index contributed by atoms with van der Waals surface area (Å²) in [6, 6.07) is 11.2. The van der Waals surface area contributed by atoms with E-state index in [1.165, 1.54) is 12.1 Å². The number of benzene rings is 2. The maximum absolute atomic E-state index is 13.7. The number of β-amino-alcohol motifs (C(OH)–C–C–N with tert-alkyl or cyclic N) is 1. The van der Waals surface area contributed by atoms with Gasteiger partial charge in [-0.05, 0) is 12.1 Å². The summed E-state index contributed by atoms with van der Waals surface area (Å²) in [5, 5.41) is 13.4. The van der Waals surface area contributed by atoms with Crippen LogP contribution < -0.4 is 10.1 Å². The fraction of sp³-hybridized carbons (Fsp3) is 0.429. The molecule has 0 aromatic heterocycles. The Balaban J connectivity index is 1.48. The van der Waals surface area contributed by atoms with E-state index in [-0.39, 0.29) is 13.2 Å². The van der Waals surface area contributed by atoms with Crippen molar-refractivity contribution in [2.75, 3.05) is 37.7 Å². The normalized spacial score (nSPS) is 16.1. The van der Waals surface area contributed by atoms with Gasteiger partial charge in [-0.25, -0.2) is 8.78 Å². The van der Waals surface area contributed by atoms with Crippen LogP contribution in [0.5, 0.6) is 5.75 Å². The van der Waals surface area contributed by atoms with Gasteiger partial charge >= 0.3 is 0 Å². The van der Waals surface area contributed by atoms with Crippen LogP contribution in [0.4, 0.5) is 8.78 Å². The molecule has 2 N–H and O–H groups in total. The smallest absolute Gasteiger partial charge is 0.130 e. The zero-order chi connectivity index (χ0) is 19.8. The highest BCUT2D eigenvalue weighted by atomic mass is 32.2. The monoisotopic (exact) mass is 408 g/mol. The Hall–Kier alpha value is -1.67. The molecule has 7 heteroatoms. The Bertz CT molecular complexity index is 757. The van der Waals surface area contributed by atoms with Gasteiger partial charge < -0.3 is 15.2 Å². The molecule has 0 radical (unpaired) electrons. The minimum Gasteiger partial charge on any atom is -0.491 e. The van der Waals surface area contributed by atoms with Gasteiger partial charge in [0.05, 0.1) is 0 Å². The zero-order valence-corrected chi connectivity index (χ0v) is 16.6. The van der Waals surface area contributed by atoms with Crippen LogP contribution in [-0.2, 0) is 13.1 Å². The van der Waals surface area contributed by atoms with Crippen molar-refractivity contribution in [3.63, 3.8) is 0 Å². The molecule has 1 aliphatic rings. The lowest BCUT2D eigenvalue weighted by molar-refractivity contribution is 0.0711. The minimum atomic E-state index is -0.582. The lowest BCUT2D eigenvalue weighted by Crippen LogP contribution is -2.40. The van der Waals surface area contributed by atoms with Gasteiger partial charge in [-0.1, -0.05) is 24.3 Å². The third-order valence-electron chi connectivity index (χ3n) is 4.62. The number of ether oxygens (including phenoxy) is 1. The number of aliphatic hydroxyl groups is 1. The summed E-state index contributed by atoms with van der Waals surface area (Å²) in [4.78, 5) is 2.26. The first-order valence-electron chi connectivity index (χ1n) is 9.45. The standard InChI is InChI=1S/C21H26F2N2O2S/c22-18-6-5-16(20(23)11-18)12-24-13-17-3-1-2-4-21(17)27-15-19(26)14-25-7-9-28-10-8-25/h1-6,11,19,24,26H,7-10,12-15H2/t19-/m0/s1. The molecule has 3 rings (SSSR count). The van der Waals surface area contributed by atoms with E-state index < -0.39 is 17.7 Å². The average Bonchev–Trinajstić information content (AvgIpc) is 2.69. The summed E-state index contributed by atoms with van der Waals surface area (Å²) in [5.41, 5.74) is 1.33. The highest BCUT2D eigenvalue weighted by Crippen LogP contribution is 2.19. The van der Waals surface area contributed by atoms with Crippen LogP contribution in [0.2, 0.25) is 0 Å². The van der Waals surface area contributed by atoms with Crippen molar-refractivity contribution in [3.8, 4) is 5.75 Å². The van der Waals surface area contributed by atoms with Gasteiger partial charge in [-0.3, -0.25) is 4.90 Å². The molecular weight excluding hydrogens is 382 g/mol. The van der Waals surface area contributed by atoms with E-state index in [1.807, 2.05) is 36.0 Å². The van der Waals surface area contributed by atoms with Crippen LogP contribution in [0.1, 0.15) is 11.1 Å². The summed E-state index contributed by atoms with van der Waals surface area (Å²) in [6.45, 7) is 3.62. The van der Waals surface area contributed by atoms with Crippen LogP contribution in [0.15, 0.2) is 42.5 Å². The first-order chi connectivity index (χ1) is 13.6. The molecule has 1 heterocycles. The Kier molecular flexibility index (Phi) is 8.09. The Morgan fingerprint density at radius 3 is 2.61 bits per heavy atom. The minimum absolute atomic E-state index is 0.229. The summed E-state index contributed by atoms with van der Waals surface area (Å²) in [5.74, 6) is 1.77. The van der Waals surface area contributed by atoms with Crippen LogP contribution in [0, 0.1) is 11.6 Å². The highest BCUT2D eigenvalue weighted by molar-refractivity contribution is 7.99. The second-order valence-corrected chi connectivity index (χ2v) is 8.05. The lowest BCUT2D eigenvalue weighted by Gasteiger charge is -2.28. The van der Waals surface area contributed by atoms with E-state index in [1.54, 1.807) is 0 Å². The molecule has 0 aliphatic carbocycles. The average molecular weight is 409 g/mol. The predicted octanol–water partition coefficient (Wildman–Crippen LogP) is 3.04. The summed E-state index contributed by atoms with van der Waals surface area (Å²) >= 11 is 1.94. The largest absolute Gasteiger partial charge is 0.491 e. The van der Waals surface area contributed by atoms with E-state index >= 15 is 0 Å². The number of hydrogen-bond acceptors (Lipinski definition) is 5. The zero-order valence-electron chi connectivity index (χ0n) is 15.7. The van der Waals surface area contributed by atoms with Crippen LogP contribution in [0.25, 0.3) is 0 Å². The molecule has 1 saturated heterocycles. The number of thioether (sulfide) groups is 1. The number of para-hydroxylation sites is 1. The van der Waals surface area contributed by atoms with Crippen molar-refractivity contribution in [2.24, 2.45) is 0 Å². The first kappa shape index (κ1) is 21.0. The Morgan fingerprint density at radius 2 is 1.82 bits per heavy atom.